The number of anilines is 2. The third-order valence-electron chi connectivity index (χ3n) is 5.06. The molecule has 1 heterocycles. The summed E-state index contributed by atoms with van der Waals surface area (Å²) >= 11 is 6.08. The van der Waals surface area contributed by atoms with Gasteiger partial charge in [-0.3, -0.25) is 9.59 Å². The molecule has 1 aliphatic rings. The van der Waals surface area contributed by atoms with E-state index >= 15 is 0 Å². The summed E-state index contributed by atoms with van der Waals surface area (Å²) in [6.45, 7) is 3.92. The van der Waals surface area contributed by atoms with Crippen molar-refractivity contribution < 1.29 is 14.0 Å². The van der Waals surface area contributed by atoms with Gasteiger partial charge >= 0.3 is 0 Å². The minimum atomic E-state index is -0.500. The summed E-state index contributed by atoms with van der Waals surface area (Å²) in [6, 6.07) is 17.8. The highest BCUT2D eigenvalue weighted by Gasteiger charge is 2.40. The Morgan fingerprint density at radius 1 is 0.867 bits per heavy atom. The number of imide groups is 1. The second-order valence-electron chi connectivity index (χ2n) is 7.11. The fourth-order valence-corrected chi connectivity index (χ4v) is 3.52. The normalized spacial score (nSPS) is 13.9. The Labute approximate surface area is 178 Å². The minimum absolute atomic E-state index is 0.134. The number of hydrogen-bond donors (Lipinski definition) is 1. The summed E-state index contributed by atoms with van der Waals surface area (Å²) in [6.07, 6.45) is 0. The number of amides is 2. The van der Waals surface area contributed by atoms with Gasteiger partial charge in [0.05, 0.1) is 11.3 Å². The van der Waals surface area contributed by atoms with Crippen LogP contribution in [-0.2, 0) is 9.59 Å². The molecular weight excluding hydrogens is 403 g/mol. The lowest BCUT2D eigenvalue weighted by atomic mass is 9.99. The molecule has 3 aromatic carbocycles. The van der Waals surface area contributed by atoms with Crippen molar-refractivity contribution in [2.24, 2.45) is 0 Å². The van der Waals surface area contributed by atoms with Gasteiger partial charge in [-0.05, 0) is 73.0 Å². The maximum Gasteiger partial charge on any atom is 0.282 e. The maximum absolute atomic E-state index is 13.4. The van der Waals surface area contributed by atoms with Crippen LogP contribution in [0.1, 0.15) is 16.7 Å². The van der Waals surface area contributed by atoms with Crippen molar-refractivity contribution in [1.29, 1.82) is 0 Å². The molecule has 3 aromatic rings. The van der Waals surface area contributed by atoms with Crippen LogP contribution in [0.4, 0.5) is 15.8 Å². The zero-order valence-electron chi connectivity index (χ0n) is 16.4. The standard InChI is InChI=1S/C24H18ClFN2O2/c1-14-6-7-16(12-15(14)2)21-22(27-19-10-8-18(26)9-11-19)24(30)28(23(21)29)20-5-3-4-17(25)13-20/h3-13,27H,1-2H3. The van der Waals surface area contributed by atoms with E-state index in [-0.39, 0.29) is 11.3 Å². The van der Waals surface area contributed by atoms with Gasteiger partial charge in [-0.15, -0.1) is 0 Å². The topological polar surface area (TPSA) is 49.4 Å². The molecule has 0 saturated carbocycles. The van der Waals surface area contributed by atoms with Crippen LogP contribution in [0.3, 0.4) is 0 Å². The molecule has 4 nitrogen and oxygen atoms in total. The van der Waals surface area contributed by atoms with Crippen molar-refractivity contribution in [3.8, 4) is 0 Å². The highest BCUT2D eigenvalue weighted by Crippen LogP contribution is 2.35. The lowest BCUT2D eigenvalue weighted by Crippen LogP contribution is -2.32. The van der Waals surface area contributed by atoms with Crippen LogP contribution in [-0.4, -0.2) is 11.8 Å². The Morgan fingerprint density at radius 2 is 1.60 bits per heavy atom. The second kappa shape index (κ2) is 7.76. The number of benzene rings is 3. The van der Waals surface area contributed by atoms with E-state index in [1.54, 1.807) is 24.3 Å². The minimum Gasteiger partial charge on any atom is -0.350 e. The first-order valence-electron chi connectivity index (χ1n) is 9.34. The van der Waals surface area contributed by atoms with Gasteiger partial charge in [0.25, 0.3) is 11.8 Å². The first-order valence-corrected chi connectivity index (χ1v) is 9.72. The predicted molar refractivity (Wildman–Crippen MR) is 117 cm³/mol. The first kappa shape index (κ1) is 19.9. The number of carbonyl (C=O) groups is 2. The van der Waals surface area contributed by atoms with E-state index < -0.39 is 17.6 Å². The van der Waals surface area contributed by atoms with E-state index in [4.69, 9.17) is 11.6 Å². The van der Waals surface area contributed by atoms with Crippen LogP contribution in [0.5, 0.6) is 0 Å². The summed E-state index contributed by atoms with van der Waals surface area (Å²) in [4.78, 5) is 27.8. The highest BCUT2D eigenvalue weighted by atomic mass is 35.5. The van der Waals surface area contributed by atoms with E-state index in [1.807, 2.05) is 32.0 Å². The number of rotatable bonds is 4. The molecule has 0 unspecified atom stereocenters. The molecule has 0 aliphatic carbocycles. The molecule has 1 N–H and O–H groups in total. The Kier molecular flexibility index (Phi) is 5.14. The molecule has 0 saturated heterocycles. The van der Waals surface area contributed by atoms with Gasteiger partial charge in [-0.25, -0.2) is 9.29 Å². The highest BCUT2D eigenvalue weighted by molar-refractivity contribution is 6.46. The Bertz CT molecular complexity index is 1200. The number of hydrogen-bond acceptors (Lipinski definition) is 3. The van der Waals surface area contributed by atoms with Crippen LogP contribution in [0.2, 0.25) is 5.02 Å². The van der Waals surface area contributed by atoms with E-state index in [0.29, 0.717) is 22.0 Å². The van der Waals surface area contributed by atoms with E-state index in [9.17, 15) is 14.0 Å². The van der Waals surface area contributed by atoms with Crippen molar-refractivity contribution in [3.05, 3.63) is 100.0 Å². The van der Waals surface area contributed by atoms with Crippen molar-refractivity contribution in [2.75, 3.05) is 10.2 Å². The van der Waals surface area contributed by atoms with E-state index in [0.717, 1.165) is 16.0 Å². The fraction of sp³-hybridized carbons (Fsp3) is 0.0833. The molecule has 0 bridgehead atoms. The molecular formula is C24H18ClFN2O2. The molecule has 150 valence electrons. The monoisotopic (exact) mass is 420 g/mol. The van der Waals surface area contributed by atoms with Crippen LogP contribution in [0.25, 0.3) is 5.57 Å². The Balaban J connectivity index is 1.84. The number of halogens is 2. The summed E-state index contributed by atoms with van der Waals surface area (Å²) in [5, 5.41) is 3.43. The van der Waals surface area contributed by atoms with Crippen molar-refractivity contribution in [2.45, 2.75) is 13.8 Å². The average molecular weight is 421 g/mol. The summed E-state index contributed by atoms with van der Waals surface area (Å²) in [5.74, 6) is -1.34. The second-order valence-corrected chi connectivity index (χ2v) is 7.54. The molecule has 30 heavy (non-hydrogen) atoms. The molecule has 0 atom stereocenters. The third kappa shape index (κ3) is 3.60. The van der Waals surface area contributed by atoms with Crippen molar-refractivity contribution >= 4 is 40.4 Å². The van der Waals surface area contributed by atoms with Crippen molar-refractivity contribution in [1.82, 2.24) is 0 Å². The number of nitrogens with zero attached hydrogens (tertiary/aromatic N) is 1. The van der Waals surface area contributed by atoms with Gasteiger partial charge in [0.1, 0.15) is 11.5 Å². The number of carbonyl (C=O) groups excluding carboxylic acids is 2. The molecule has 6 heteroatoms. The molecule has 0 fully saturated rings. The fourth-order valence-electron chi connectivity index (χ4n) is 3.34. The lowest BCUT2D eigenvalue weighted by molar-refractivity contribution is -0.120. The van der Waals surface area contributed by atoms with Gasteiger partial charge in [-0.2, -0.15) is 0 Å². The van der Waals surface area contributed by atoms with Crippen LogP contribution < -0.4 is 10.2 Å². The zero-order valence-corrected chi connectivity index (χ0v) is 17.1. The number of nitrogens with one attached hydrogen (secondary N) is 1. The summed E-state index contributed by atoms with van der Waals surface area (Å²) in [7, 11) is 0. The van der Waals surface area contributed by atoms with Gasteiger partial charge < -0.3 is 5.32 Å². The third-order valence-corrected chi connectivity index (χ3v) is 5.29. The van der Waals surface area contributed by atoms with E-state index in [1.165, 1.54) is 24.3 Å². The largest absolute Gasteiger partial charge is 0.350 e. The van der Waals surface area contributed by atoms with Gasteiger partial charge in [-0.1, -0.05) is 35.9 Å². The quantitative estimate of drug-likeness (QED) is 0.567. The summed E-state index contributed by atoms with van der Waals surface area (Å²) in [5.41, 5.74) is 3.99. The summed E-state index contributed by atoms with van der Waals surface area (Å²) < 4.78 is 13.3. The zero-order chi connectivity index (χ0) is 21.4. The predicted octanol–water partition coefficient (Wildman–Crippen LogP) is 5.49. The van der Waals surface area contributed by atoms with Gasteiger partial charge in [0, 0.05) is 10.7 Å². The van der Waals surface area contributed by atoms with Crippen LogP contribution >= 0.6 is 11.6 Å². The smallest absolute Gasteiger partial charge is 0.282 e. The van der Waals surface area contributed by atoms with Gasteiger partial charge in [0.2, 0.25) is 0 Å². The molecule has 4 rings (SSSR count). The van der Waals surface area contributed by atoms with Crippen LogP contribution in [0, 0.1) is 19.7 Å². The molecule has 0 spiro atoms. The lowest BCUT2D eigenvalue weighted by Gasteiger charge is -2.15. The Hall–Kier alpha value is -3.44. The molecule has 2 amide bonds. The maximum atomic E-state index is 13.4. The van der Waals surface area contributed by atoms with Crippen molar-refractivity contribution in [3.63, 3.8) is 0 Å². The molecule has 1 aliphatic heterocycles. The average Bonchev–Trinajstić information content (AvgIpc) is 2.95. The number of aryl methyl sites for hydroxylation is 2. The molecule has 0 radical (unpaired) electrons. The SMILES string of the molecule is Cc1ccc(C2=C(Nc3ccc(F)cc3)C(=O)N(c3cccc(Cl)c3)C2=O)cc1C. The molecule has 0 aromatic heterocycles. The van der Waals surface area contributed by atoms with E-state index in [2.05, 4.69) is 5.32 Å². The Morgan fingerprint density at radius 3 is 2.27 bits per heavy atom. The van der Waals surface area contributed by atoms with Crippen LogP contribution in [0.15, 0.2) is 72.4 Å². The van der Waals surface area contributed by atoms with Gasteiger partial charge in [0.15, 0.2) is 0 Å². The first-order chi connectivity index (χ1) is 14.3.